The van der Waals surface area contributed by atoms with Gasteiger partial charge in [0.1, 0.15) is 11.5 Å². The molecule has 6 heteroatoms. The number of carbonyl (C=O) groups is 1. The van der Waals surface area contributed by atoms with Crippen molar-refractivity contribution in [2.75, 3.05) is 11.9 Å². The van der Waals surface area contributed by atoms with Gasteiger partial charge in [0.25, 0.3) is 0 Å². The minimum absolute atomic E-state index is 0.00223. The van der Waals surface area contributed by atoms with E-state index in [2.05, 4.69) is 17.2 Å². The van der Waals surface area contributed by atoms with Gasteiger partial charge in [-0.05, 0) is 37.8 Å². The molecule has 0 radical (unpaired) electrons. The molecule has 1 aliphatic heterocycles. The second-order valence-corrected chi connectivity index (χ2v) is 6.45. The molecule has 3 heterocycles. The lowest BCUT2D eigenvalue weighted by atomic mass is 9.91. The summed E-state index contributed by atoms with van der Waals surface area (Å²) in [5.74, 6) is 2.33. The van der Waals surface area contributed by atoms with Crippen LogP contribution in [0.5, 0.6) is 0 Å². The van der Waals surface area contributed by atoms with E-state index in [9.17, 15) is 4.79 Å². The Morgan fingerprint density at radius 3 is 3.05 bits per heavy atom. The first-order chi connectivity index (χ1) is 10.1. The highest BCUT2D eigenvalue weighted by molar-refractivity contribution is 7.13. The Balaban J connectivity index is 1.79. The number of piperidine rings is 1. The van der Waals surface area contributed by atoms with E-state index in [4.69, 9.17) is 4.42 Å². The number of furan rings is 1. The zero-order chi connectivity index (χ0) is 14.8. The van der Waals surface area contributed by atoms with Crippen LogP contribution < -0.4 is 5.32 Å². The van der Waals surface area contributed by atoms with Gasteiger partial charge in [-0.2, -0.15) is 0 Å². The van der Waals surface area contributed by atoms with Crippen molar-refractivity contribution < 1.29 is 9.21 Å². The van der Waals surface area contributed by atoms with E-state index in [1.807, 2.05) is 29.3 Å². The quantitative estimate of drug-likeness (QED) is 0.910. The molecule has 1 N–H and O–H groups in total. The Labute approximate surface area is 128 Å². The fraction of sp³-hybridized carbons (Fsp3) is 0.467. The molecule has 0 saturated carbocycles. The number of hydrogen-bond acceptors (Lipinski definition) is 4. The van der Waals surface area contributed by atoms with Crippen molar-refractivity contribution in [3.05, 3.63) is 35.2 Å². The lowest BCUT2D eigenvalue weighted by Gasteiger charge is -2.37. The predicted octanol–water partition coefficient (Wildman–Crippen LogP) is 4.05. The maximum Gasteiger partial charge on any atom is 0.324 e. The molecule has 112 valence electrons. The fourth-order valence-electron chi connectivity index (χ4n) is 2.74. The molecular weight excluding hydrogens is 286 g/mol. The molecule has 5 nitrogen and oxygen atoms in total. The van der Waals surface area contributed by atoms with Crippen LogP contribution in [0.2, 0.25) is 0 Å². The lowest BCUT2D eigenvalue weighted by Crippen LogP contribution is -2.42. The summed E-state index contributed by atoms with van der Waals surface area (Å²) in [6.45, 7) is 4.89. The van der Waals surface area contributed by atoms with Crippen LogP contribution in [-0.4, -0.2) is 22.5 Å². The van der Waals surface area contributed by atoms with E-state index in [0.717, 1.165) is 30.9 Å². The summed E-state index contributed by atoms with van der Waals surface area (Å²) in [5.41, 5.74) is 0. The minimum atomic E-state index is -0.101. The van der Waals surface area contributed by atoms with Crippen molar-refractivity contribution in [1.29, 1.82) is 0 Å². The number of nitrogens with zero attached hydrogens (tertiary/aromatic N) is 2. The van der Waals surface area contributed by atoms with Crippen LogP contribution in [0, 0.1) is 12.8 Å². The zero-order valence-corrected chi connectivity index (χ0v) is 13.0. The average Bonchev–Trinajstić information content (AvgIpc) is 3.10. The molecule has 1 aliphatic rings. The smallest absolute Gasteiger partial charge is 0.324 e. The summed E-state index contributed by atoms with van der Waals surface area (Å²) < 4.78 is 5.75. The molecule has 1 fully saturated rings. The van der Waals surface area contributed by atoms with Gasteiger partial charge < -0.3 is 9.32 Å². The molecule has 2 amide bonds. The molecule has 1 saturated heterocycles. The number of thiazole rings is 1. The molecule has 0 aliphatic carbocycles. The lowest BCUT2D eigenvalue weighted by molar-refractivity contribution is 0.128. The molecule has 0 spiro atoms. The summed E-state index contributed by atoms with van der Waals surface area (Å²) in [5, 5.41) is 5.35. The molecule has 0 aromatic carbocycles. The summed E-state index contributed by atoms with van der Waals surface area (Å²) in [6, 6.07) is 3.83. The van der Waals surface area contributed by atoms with Crippen LogP contribution in [0.15, 0.2) is 28.1 Å². The summed E-state index contributed by atoms with van der Waals surface area (Å²) >= 11 is 1.42. The van der Waals surface area contributed by atoms with E-state index < -0.39 is 0 Å². The second-order valence-electron chi connectivity index (χ2n) is 5.55. The third kappa shape index (κ3) is 3.10. The van der Waals surface area contributed by atoms with Crippen LogP contribution in [0.1, 0.15) is 37.3 Å². The number of rotatable bonds is 2. The number of likely N-dealkylation sites (tertiary alicyclic amines) is 1. The number of aromatic nitrogens is 1. The normalized spacial score (nSPS) is 22.3. The number of nitrogens with one attached hydrogen (secondary N) is 1. The Morgan fingerprint density at radius 1 is 1.52 bits per heavy atom. The summed E-state index contributed by atoms with van der Waals surface area (Å²) in [4.78, 5) is 18.5. The van der Waals surface area contributed by atoms with Crippen molar-refractivity contribution >= 4 is 22.5 Å². The van der Waals surface area contributed by atoms with Gasteiger partial charge in [0.05, 0.1) is 6.04 Å². The van der Waals surface area contributed by atoms with E-state index in [0.29, 0.717) is 11.0 Å². The molecule has 2 unspecified atom stereocenters. The highest BCUT2D eigenvalue weighted by atomic mass is 32.1. The highest BCUT2D eigenvalue weighted by Gasteiger charge is 2.33. The van der Waals surface area contributed by atoms with Gasteiger partial charge >= 0.3 is 6.03 Å². The number of hydrogen-bond donors (Lipinski definition) is 1. The van der Waals surface area contributed by atoms with Crippen molar-refractivity contribution in [2.45, 2.75) is 32.7 Å². The third-order valence-corrected chi connectivity index (χ3v) is 4.55. The number of carbonyl (C=O) groups excluding carboxylic acids is 1. The second kappa shape index (κ2) is 5.89. The van der Waals surface area contributed by atoms with Gasteiger partial charge in [-0.3, -0.25) is 5.32 Å². The molecule has 2 aromatic rings. The van der Waals surface area contributed by atoms with Crippen molar-refractivity contribution in [3.63, 3.8) is 0 Å². The number of anilines is 1. The Hall–Kier alpha value is -1.82. The number of amides is 2. The van der Waals surface area contributed by atoms with Gasteiger partial charge in [-0.15, -0.1) is 11.3 Å². The Kier molecular flexibility index (Phi) is 3.96. The zero-order valence-electron chi connectivity index (χ0n) is 12.2. The molecule has 2 aromatic heterocycles. The molecule has 3 rings (SSSR count). The van der Waals surface area contributed by atoms with E-state index >= 15 is 0 Å². The summed E-state index contributed by atoms with van der Waals surface area (Å²) in [7, 11) is 0. The van der Waals surface area contributed by atoms with Crippen LogP contribution in [0.25, 0.3) is 0 Å². The van der Waals surface area contributed by atoms with E-state index in [1.165, 1.54) is 11.3 Å². The first-order valence-electron chi connectivity index (χ1n) is 7.17. The first kappa shape index (κ1) is 14.1. The molecule has 0 bridgehead atoms. The van der Waals surface area contributed by atoms with E-state index in [1.54, 1.807) is 6.20 Å². The van der Waals surface area contributed by atoms with Crippen LogP contribution in [-0.2, 0) is 0 Å². The van der Waals surface area contributed by atoms with Gasteiger partial charge in [-0.25, -0.2) is 9.78 Å². The van der Waals surface area contributed by atoms with Gasteiger partial charge in [0.2, 0.25) is 0 Å². The van der Waals surface area contributed by atoms with Crippen LogP contribution >= 0.6 is 11.3 Å². The Bertz CT molecular complexity index is 608. The monoisotopic (exact) mass is 305 g/mol. The van der Waals surface area contributed by atoms with Gasteiger partial charge in [-0.1, -0.05) is 6.92 Å². The first-order valence-corrected chi connectivity index (χ1v) is 8.05. The van der Waals surface area contributed by atoms with Gasteiger partial charge in [0, 0.05) is 18.1 Å². The SMILES string of the molecule is Cc1ccc(C2CC(C)CCN2C(=O)Nc2nccs2)o1. The fourth-order valence-corrected chi connectivity index (χ4v) is 3.25. The molecule has 2 atom stereocenters. The standard InChI is InChI=1S/C15H19N3O2S/c1-10-5-7-18(15(19)17-14-16-6-8-21-14)12(9-10)13-4-3-11(2)20-13/h3-4,6,8,10,12H,5,7,9H2,1-2H3,(H,16,17,19). The number of urea groups is 1. The molecule has 21 heavy (non-hydrogen) atoms. The van der Waals surface area contributed by atoms with E-state index in [-0.39, 0.29) is 12.1 Å². The van der Waals surface area contributed by atoms with Crippen LogP contribution in [0.3, 0.4) is 0 Å². The predicted molar refractivity (Wildman–Crippen MR) is 82.4 cm³/mol. The maximum absolute atomic E-state index is 12.5. The molecular formula is C15H19N3O2S. The summed E-state index contributed by atoms with van der Waals surface area (Å²) in [6.07, 6.45) is 3.63. The topological polar surface area (TPSA) is 58.4 Å². The van der Waals surface area contributed by atoms with Gasteiger partial charge in [0.15, 0.2) is 5.13 Å². The van der Waals surface area contributed by atoms with Crippen molar-refractivity contribution in [1.82, 2.24) is 9.88 Å². The highest BCUT2D eigenvalue weighted by Crippen LogP contribution is 2.35. The minimum Gasteiger partial charge on any atom is -0.464 e. The van der Waals surface area contributed by atoms with Crippen LogP contribution in [0.4, 0.5) is 9.93 Å². The largest absolute Gasteiger partial charge is 0.464 e. The average molecular weight is 305 g/mol. The number of aryl methyl sites for hydroxylation is 1. The third-order valence-electron chi connectivity index (χ3n) is 3.86. The maximum atomic E-state index is 12.5. The van der Waals surface area contributed by atoms with Crippen molar-refractivity contribution in [2.24, 2.45) is 5.92 Å². The van der Waals surface area contributed by atoms with Crippen molar-refractivity contribution in [3.8, 4) is 0 Å². The Morgan fingerprint density at radius 2 is 2.38 bits per heavy atom.